The van der Waals surface area contributed by atoms with Crippen LogP contribution >= 0.6 is 0 Å². The summed E-state index contributed by atoms with van der Waals surface area (Å²) in [6.45, 7) is 0. The summed E-state index contributed by atoms with van der Waals surface area (Å²) in [7, 11) is 0. The second-order valence-electron chi connectivity index (χ2n) is 32.1. The van der Waals surface area contributed by atoms with Gasteiger partial charge >= 0.3 is 0 Å². The zero-order valence-corrected chi connectivity index (χ0v) is 67.2. The van der Waals surface area contributed by atoms with Gasteiger partial charge in [-0.15, -0.1) is 0 Å². The van der Waals surface area contributed by atoms with E-state index in [1.54, 1.807) is 0 Å². The lowest BCUT2D eigenvalue weighted by Gasteiger charge is -2.13. The predicted molar refractivity (Wildman–Crippen MR) is 518 cm³/mol. The van der Waals surface area contributed by atoms with Gasteiger partial charge in [-0.3, -0.25) is 0 Å². The molecule has 0 saturated heterocycles. The van der Waals surface area contributed by atoms with E-state index in [4.69, 9.17) is 28.8 Å². The van der Waals surface area contributed by atoms with Crippen molar-refractivity contribution in [3.63, 3.8) is 0 Å². The molecule has 25 aromatic rings. The van der Waals surface area contributed by atoms with Crippen LogP contribution in [-0.4, -0.2) is 19.9 Å². The number of para-hydroxylation sites is 2. The molecule has 0 fully saturated rings. The van der Waals surface area contributed by atoms with Gasteiger partial charge in [0.15, 0.2) is 11.6 Å². The Morgan fingerprint density at radius 1 is 0.121 bits per heavy atom. The molecular formula is C118H72N4O2. The lowest BCUT2D eigenvalue weighted by atomic mass is 9.90. The Bertz CT molecular complexity index is 8470. The van der Waals surface area contributed by atoms with Gasteiger partial charge < -0.3 is 8.83 Å². The van der Waals surface area contributed by atoms with Crippen LogP contribution in [0, 0.1) is 0 Å². The van der Waals surface area contributed by atoms with Crippen molar-refractivity contribution in [2.45, 2.75) is 0 Å². The standard InChI is InChI=1S/C62H38N2O.C56H34N2O/c1-3-15-39(16-4-1)43-19-13-20-45(35-43)59-38-58(63-62(64-59)42-17-5-2-6-18-42)41-31-29-40(30-32-41)46-27-14-28-54-57-37-55(51-25-11-12-26-53(51)61(57)65-60(46)54)44-33-34-52-49-23-8-7-21-47(49)48-22-9-10-24-50(48)56(52)36-44;1-3-15-35(16-4-1)52-34-53(58-56(57-52)36-17-5-2-6-18-36)39-20-13-19-37(31-39)40-27-14-28-48-51-33-49(45-25-11-12-26-47(45)55(51)59-54(40)48)38-29-30-46-43-23-8-7-21-41(43)42-22-9-10-24-44(42)50(46)32-38/h1-38H;1-34H. The van der Waals surface area contributed by atoms with Crippen LogP contribution in [-0.2, 0) is 0 Å². The average molecular weight is 1580 g/mol. The molecule has 25 rings (SSSR count). The van der Waals surface area contributed by atoms with E-state index >= 15 is 0 Å². The van der Waals surface area contributed by atoms with Gasteiger partial charge in [0.2, 0.25) is 0 Å². The fourth-order valence-electron chi connectivity index (χ4n) is 19.0. The Morgan fingerprint density at radius 3 is 0.798 bits per heavy atom. The number of hydrogen-bond donors (Lipinski definition) is 0. The first-order valence-electron chi connectivity index (χ1n) is 42.2. The minimum Gasteiger partial charge on any atom is -0.455 e. The van der Waals surface area contributed by atoms with Crippen LogP contribution in [0.15, 0.2) is 446 Å². The topological polar surface area (TPSA) is 77.8 Å². The van der Waals surface area contributed by atoms with Crippen molar-refractivity contribution in [2.24, 2.45) is 0 Å². The molecule has 0 aliphatic carbocycles. The van der Waals surface area contributed by atoms with Gasteiger partial charge in [0, 0.05) is 76.8 Å². The molecule has 0 radical (unpaired) electrons. The van der Waals surface area contributed by atoms with Crippen LogP contribution in [0.25, 0.3) is 253 Å². The van der Waals surface area contributed by atoms with E-state index in [1.807, 2.05) is 60.7 Å². The smallest absolute Gasteiger partial charge is 0.160 e. The van der Waals surface area contributed by atoms with E-state index in [0.717, 1.165) is 139 Å². The summed E-state index contributed by atoms with van der Waals surface area (Å²) < 4.78 is 14.0. The van der Waals surface area contributed by atoms with Crippen molar-refractivity contribution in [1.29, 1.82) is 0 Å². The van der Waals surface area contributed by atoms with Crippen molar-refractivity contribution in [3.8, 4) is 123 Å². The van der Waals surface area contributed by atoms with Gasteiger partial charge in [-0.2, -0.15) is 0 Å². The molecule has 0 aliphatic rings. The predicted octanol–water partition coefficient (Wildman–Crippen LogP) is 32.3. The molecule has 0 amide bonds. The van der Waals surface area contributed by atoms with Crippen molar-refractivity contribution in [2.75, 3.05) is 0 Å². The third-order valence-corrected chi connectivity index (χ3v) is 24.9. The van der Waals surface area contributed by atoms with Crippen LogP contribution in [0.4, 0.5) is 0 Å². The van der Waals surface area contributed by atoms with Crippen LogP contribution in [0.1, 0.15) is 0 Å². The molecule has 0 N–H and O–H groups in total. The number of rotatable bonds is 11. The van der Waals surface area contributed by atoms with Gasteiger partial charge in [0.25, 0.3) is 0 Å². The lowest BCUT2D eigenvalue weighted by Crippen LogP contribution is -1.96. The van der Waals surface area contributed by atoms with Gasteiger partial charge in [0.05, 0.1) is 22.8 Å². The van der Waals surface area contributed by atoms with Crippen LogP contribution < -0.4 is 0 Å². The third-order valence-electron chi connectivity index (χ3n) is 24.9. The zero-order chi connectivity index (χ0) is 81.7. The molecule has 124 heavy (non-hydrogen) atoms. The Labute approximate surface area is 714 Å². The second kappa shape index (κ2) is 29.8. The van der Waals surface area contributed by atoms with E-state index in [-0.39, 0.29) is 0 Å². The molecule has 6 heteroatoms. The Morgan fingerprint density at radius 2 is 0.379 bits per heavy atom. The van der Waals surface area contributed by atoms with Crippen molar-refractivity contribution < 1.29 is 8.83 Å². The highest BCUT2D eigenvalue weighted by atomic mass is 16.3. The van der Waals surface area contributed by atoms with E-state index < -0.39 is 0 Å². The van der Waals surface area contributed by atoms with Gasteiger partial charge in [-0.25, -0.2) is 19.9 Å². The number of hydrogen-bond acceptors (Lipinski definition) is 6. The average Bonchev–Trinajstić information content (AvgIpc) is 1.42. The van der Waals surface area contributed by atoms with Crippen molar-refractivity contribution in [1.82, 2.24) is 19.9 Å². The van der Waals surface area contributed by atoms with E-state index in [9.17, 15) is 0 Å². The van der Waals surface area contributed by atoms with Crippen LogP contribution in [0.3, 0.4) is 0 Å². The van der Waals surface area contributed by atoms with E-state index in [1.165, 1.54) is 103 Å². The van der Waals surface area contributed by atoms with Crippen LogP contribution in [0.5, 0.6) is 0 Å². The monoisotopic (exact) mass is 1580 g/mol. The summed E-state index contributed by atoms with van der Waals surface area (Å²) in [6.07, 6.45) is 0. The quantitative estimate of drug-likeness (QED) is 0.120. The largest absolute Gasteiger partial charge is 0.455 e. The molecule has 0 spiro atoms. The first kappa shape index (κ1) is 71.6. The van der Waals surface area contributed by atoms with Gasteiger partial charge in [-0.1, -0.05) is 388 Å². The Hall–Kier alpha value is -16.5. The SMILES string of the molecule is c1ccc(-c2cc(-c3cccc(-c4cccc5c4oc4c6ccccc6c(-c6ccc7c8ccccc8c8ccccc8c7c6)cc54)c3)nc(-c3ccccc3)n2)cc1.c1ccc(-c2cccc(-c3cc(-c4ccc(-c5cccc6c5oc5c7ccccc7c(-c7ccc8c9ccccc9c9ccccc9c8c7)cc65)cc4)nc(-c4ccccc4)n3)c2)cc1. The third kappa shape index (κ3) is 12.3. The second-order valence-corrected chi connectivity index (χ2v) is 32.1. The molecule has 4 aromatic heterocycles. The maximum atomic E-state index is 6.99. The van der Waals surface area contributed by atoms with Gasteiger partial charge in [-0.05, 0) is 168 Å². The molecule has 0 unspecified atom stereocenters. The van der Waals surface area contributed by atoms with Crippen molar-refractivity contribution >= 4 is 130 Å². The Kier molecular flexibility index (Phi) is 17.2. The highest BCUT2D eigenvalue weighted by molar-refractivity contribution is 6.29. The molecule has 6 nitrogen and oxygen atoms in total. The molecule has 0 aliphatic heterocycles. The summed E-state index contributed by atoms with van der Waals surface area (Å²) in [5.74, 6) is 1.39. The molecule has 0 saturated carbocycles. The maximum absolute atomic E-state index is 6.99. The number of fused-ring (bicyclic) bond motifs is 22. The maximum Gasteiger partial charge on any atom is 0.160 e. The number of nitrogens with zero attached hydrogens (tertiary/aromatic N) is 4. The molecule has 576 valence electrons. The highest BCUT2D eigenvalue weighted by Crippen LogP contribution is 2.49. The summed E-state index contributed by atoms with van der Waals surface area (Å²) in [5, 5.41) is 24.2. The highest BCUT2D eigenvalue weighted by Gasteiger charge is 2.24. The summed E-state index contributed by atoms with van der Waals surface area (Å²) in [4.78, 5) is 20.4. The minimum absolute atomic E-state index is 0.691. The normalized spacial score (nSPS) is 11.7. The first-order chi connectivity index (χ1) is 61.5. The Balaban J connectivity index is 0.000000140. The molecule has 0 bridgehead atoms. The number of furan rings is 2. The zero-order valence-electron chi connectivity index (χ0n) is 67.2. The van der Waals surface area contributed by atoms with E-state index in [2.05, 4.69) is 376 Å². The molecule has 21 aromatic carbocycles. The fraction of sp³-hybridized carbons (Fsp3) is 0. The molecular weight excluding hydrogens is 1510 g/mol. The molecule has 0 atom stereocenters. The summed E-state index contributed by atoms with van der Waals surface area (Å²) in [6, 6.07) is 155. The van der Waals surface area contributed by atoms with E-state index in [0.29, 0.717) is 11.6 Å². The first-order valence-corrected chi connectivity index (χ1v) is 42.2. The summed E-state index contributed by atoms with van der Waals surface area (Å²) in [5.41, 5.74) is 24.4. The number of benzene rings is 21. The molecule has 4 heterocycles. The minimum atomic E-state index is 0.691. The summed E-state index contributed by atoms with van der Waals surface area (Å²) >= 11 is 0. The lowest BCUT2D eigenvalue weighted by molar-refractivity contribution is 0.673. The van der Waals surface area contributed by atoms with Gasteiger partial charge in [0.1, 0.15) is 22.3 Å². The fourth-order valence-corrected chi connectivity index (χ4v) is 19.0. The number of aromatic nitrogens is 4. The van der Waals surface area contributed by atoms with Crippen molar-refractivity contribution in [3.05, 3.63) is 437 Å². The van der Waals surface area contributed by atoms with Crippen LogP contribution in [0.2, 0.25) is 0 Å².